The van der Waals surface area contributed by atoms with E-state index in [4.69, 9.17) is 20.1 Å². The van der Waals surface area contributed by atoms with Gasteiger partial charge >= 0.3 is 5.69 Å². The third-order valence-corrected chi connectivity index (χ3v) is 8.19. The van der Waals surface area contributed by atoms with Crippen molar-refractivity contribution in [2.75, 3.05) is 0 Å². The lowest BCUT2D eigenvalue weighted by Gasteiger charge is -2.18. The van der Waals surface area contributed by atoms with E-state index in [-0.39, 0.29) is 26.2 Å². The SMILES string of the molecule is [2H]c1c([2H])c(-c2c3c([2H])c([2H])c([2H])c([2H])c3c(-c3c([2H])c([2H])c4c(c3[2H])n(C([2H])([2H])[2H])c(=O)n4C([2H])([2H])[2H])c3c([2H])c([2H])c([2H])c([2H])c23)c([2H])c([2H])c1-c1cc(-c2ccccc2)nc(-c2ccccc2)n1. The maximum atomic E-state index is 13.7. The smallest absolute Gasteiger partial charge is 0.295 e. The quantitative estimate of drug-likeness (QED) is 0.172. The fourth-order valence-electron chi connectivity index (χ4n) is 5.87. The molecule has 2 heterocycles. The number of fused-ring (bicyclic) bond motifs is 3. The van der Waals surface area contributed by atoms with E-state index in [1.807, 2.05) is 0 Å². The lowest BCUT2D eigenvalue weighted by Crippen LogP contribution is -2.19. The van der Waals surface area contributed by atoms with Gasteiger partial charge in [0.05, 0.1) is 43.0 Å². The Kier molecular flexibility index (Phi) is 3.52. The van der Waals surface area contributed by atoms with Crippen LogP contribution in [-0.4, -0.2) is 19.1 Å². The van der Waals surface area contributed by atoms with Crippen molar-refractivity contribution < 1.29 is 28.8 Å². The maximum absolute atomic E-state index is 13.7. The highest BCUT2D eigenvalue weighted by Gasteiger charge is 2.18. The number of hydrogen-bond donors (Lipinski definition) is 0. The molecular weight excluding hydrogens is 613 g/mol. The fraction of sp³-hybridized carbons (Fsp3) is 0.0444. The molecule has 0 unspecified atom stereocenters. The van der Waals surface area contributed by atoms with E-state index in [0.29, 0.717) is 16.8 Å². The topological polar surface area (TPSA) is 52.7 Å². The number of imidazole rings is 1. The van der Waals surface area contributed by atoms with E-state index in [1.165, 1.54) is 6.07 Å². The Bertz CT molecular complexity index is 3700. The Hall–Kier alpha value is -6.59. The molecule has 0 aliphatic heterocycles. The molecule has 0 fully saturated rings. The number of aryl methyl sites for hydroxylation is 2. The first-order chi connectivity index (χ1) is 33.2. The zero-order valence-electron chi connectivity index (χ0n) is 46.5. The number of benzene rings is 7. The molecular formula is C45H32N4O. The minimum absolute atomic E-state index is 0.0487. The van der Waals surface area contributed by atoms with Gasteiger partial charge in [0.1, 0.15) is 0 Å². The molecule has 7 aromatic carbocycles. The van der Waals surface area contributed by atoms with Crippen molar-refractivity contribution in [3.05, 3.63) is 168 Å². The van der Waals surface area contributed by atoms with Gasteiger partial charge < -0.3 is 0 Å². The standard InChI is InChI=1S/C45H32N4O/c1-48-40-26-25-33(27-41(40)49(2)45(48)50)43-36-19-11-9-17-34(36)42(35-18-10-12-20-37(35)43)31-23-21-30(22-24-31)39-28-38(29-13-5-3-6-14-29)46-44(47-39)32-15-7-4-8-16-32/h3-28H,1-2H3/i1D3,2D3,9D,10D,11D,12D,17D,18D,19D,20D,21D,22D,23D,24D,25D,26D,27D. The molecule has 0 atom stereocenters. The molecule has 0 saturated heterocycles. The van der Waals surface area contributed by atoms with Crippen LogP contribution in [-0.2, 0) is 14.0 Å². The van der Waals surface area contributed by atoms with Crippen LogP contribution in [0.1, 0.15) is 28.8 Å². The van der Waals surface area contributed by atoms with Gasteiger partial charge in [-0.15, -0.1) is 0 Å². The van der Waals surface area contributed by atoms with Gasteiger partial charge in [-0.1, -0.05) is 139 Å². The van der Waals surface area contributed by atoms with Crippen molar-refractivity contribution in [2.45, 2.75) is 0 Å². The van der Waals surface area contributed by atoms with Crippen LogP contribution in [0, 0.1) is 0 Å². The first-order valence-electron chi connectivity index (χ1n) is 25.6. The lowest BCUT2D eigenvalue weighted by atomic mass is 9.85. The van der Waals surface area contributed by atoms with Crippen molar-refractivity contribution in [2.24, 2.45) is 14.0 Å². The third kappa shape index (κ3) is 4.82. The van der Waals surface area contributed by atoms with Crippen molar-refractivity contribution in [1.82, 2.24) is 19.1 Å². The van der Waals surface area contributed by atoms with E-state index in [0.717, 1.165) is 0 Å². The van der Waals surface area contributed by atoms with E-state index in [9.17, 15) is 18.5 Å². The highest BCUT2D eigenvalue weighted by molar-refractivity contribution is 6.21. The molecule has 0 amide bonds. The van der Waals surface area contributed by atoms with Gasteiger partial charge in [-0.25, -0.2) is 14.8 Å². The maximum Gasteiger partial charge on any atom is 0.328 e. The fourth-order valence-corrected chi connectivity index (χ4v) is 5.87. The zero-order valence-corrected chi connectivity index (χ0v) is 25.5. The molecule has 5 nitrogen and oxygen atoms in total. The van der Waals surface area contributed by atoms with Crippen LogP contribution >= 0.6 is 0 Å². The van der Waals surface area contributed by atoms with E-state index in [1.54, 1.807) is 60.7 Å². The van der Waals surface area contributed by atoms with Crippen molar-refractivity contribution >= 4 is 32.6 Å². The van der Waals surface area contributed by atoms with Crippen LogP contribution in [0.15, 0.2) is 162 Å². The molecule has 2 aromatic heterocycles. The van der Waals surface area contributed by atoms with Crippen LogP contribution in [0.5, 0.6) is 0 Å². The van der Waals surface area contributed by atoms with Gasteiger partial charge in [0.15, 0.2) is 5.82 Å². The molecule has 0 N–H and O–H groups in total. The summed E-state index contributed by atoms with van der Waals surface area (Å²) in [4.78, 5) is 23.1. The van der Waals surface area contributed by atoms with E-state index >= 15 is 0 Å². The molecule has 0 aliphatic rings. The predicted octanol–water partition coefficient (Wildman–Crippen LogP) is 10.3. The van der Waals surface area contributed by atoms with Crippen molar-refractivity contribution in [3.8, 4) is 56.2 Å². The zero-order chi connectivity index (χ0) is 51.8. The molecule has 0 bridgehead atoms. The molecule has 9 rings (SSSR count). The minimum atomic E-state index is -3.54. The molecule has 238 valence electrons. The van der Waals surface area contributed by atoms with E-state index < -0.39 is 165 Å². The summed E-state index contributed by atoms with van der Waals surface area (Å²) >= 11 is 0. The number of rotatable bonds is 5. The highest BCUT2D eigenvalue weighted by atomic mass is 16.1. The second-order valence-corrected chi connectivity index (χ2v) is 11.1. The largest absolute Gasteiger partial charge is 0.328 e. The van der Waals surface area contributed by atoms with E-state index in [2.05, 4.69) is 4.98 Å². The Morgan fingerprint density at radius 1 is 0.520 bits per heavy atom. The summed E-state index contributed by atoms with van der Waals surface area (Å²) in [6, 6.07) is 4.64. The second-order valence-electron chi connectivity index (χ2n) is 11.1. The first-order valence-corrected chi connectivity index (χ1v) is 15.1. The molecule has 0 saturated carbocycles. The molecule has 0 radical (unpaired) electrons. The Labute approximate surface area is 318 Å². The molecule has 5 heteroatoms. The molecule has 9 aromatic rings. The molecule has 50 heavy (non-hydrogen) atoms. The molecule has 0 spiro atoms. The van der Waals surface area contributed by atoms with Crippen LogP contribution in [0.2, 0.25) is 0 Å². The Morgan fingerprint density at radius 3 is 1.58 bits per heavy atom. The highest BCUT2D eigenvalue weighted by Crippen LogP contribution is 2.44. The third-order valence-electron chi connectivity index (χ3n) is 8.19. The normalized spacial score (nSPS) is 18.0. The lowest BCUT2D eigenvalue weighted by molar-refractivity contribution is 0.795. The van der Waals surface area contributed by atoms with Crippen LogP contribution in [0.25, 0.3) is 88.7 Å². The summed E-state index contributed by atoms with van der Waals surface area (Å²) in [6.07, 6.45) is 0. The van der Waals surface area contributed by atoms with Crippen LogP contribution in [0.3, 0.4) is 0 Å². The predicted molar refractivity (Wildman–Crippen MR) is 206 cm³/mol. The van der Waals surface area contributed by atoms with Crippen LogP contribution in [0.4, 0.5) is 0 Å². The van der Waals surface area contributed by atoms with Gasteiger partial charge in [-0.2, -0.15) is 0 Å². The van der Waals surface area contributed by atoms with Crippen LogP contribution < -0.4 is 5.69 Å². The van der Waals surface area contributed by atoms with Gasteiger partial charge in [-0.05, 0) is 61.9 Å². The van der Waals surface area contributed by atoms with Gasteiger partial charge in [0, 0.05) is 38.9 Å². The first kappa shape index (κ1) is 14.9. The summed E-state index contributed by atoms with van der Waals surface area (Å²) in [7, 11) is 0. The summed E-state index contributed by atoms with van der Waals surface area (Å²) < 4.78 is 187. The van der Waals surface area contributed by atoms with Gasteiger partial charge in [0.25, 0.3) is 0 Å². The average molecular weight is 666 g/mol. The number of nitrogens with zero attached hydrogens (tertiary/aromatic N) is 4. The van der Waals surface area contributed by atoms with Crippen molar-refractivity contribution in [3.63, 3.8) is 0 Å². The van der Waals surface area contributed by atoms with Gasteiger partial charge in [-0.3, -0.25) is 9.13 Å². The molecule has 0 aliphatic carbocycles. The second kappa shape index (κ2) is 11.8. The van der Waals surface area contributed by atoms with Gasteiger partial charge in [0.2, 0.25) is 0 Å². The number of hydrogen-bond acceptors (Lipinski definition) is 3. The minimum Gasteiger partial charge on any atom is -0.295 e. The summed E-state index contributed by atoms with van der Waals surface area (Å²) in [5.74, 6) is 0.157. The Morgan fingerprint density at radius 2 is 1.00 bits per heavy atom. The average Bonchev–Trinajstić information content (AvgIpc) is 3.67. The summed E-state index contributed by atoms with van der Waals surface area (Å²) in [6.45, 7) is -7.02. The number of aromatic nitrogens is 4. The summed E-state index contributed by atoms with van der Waals surface area (Å²) in [5.41, 5.74) is -5.70. The Balaban J connectivity index is 1.50. The summed E-state index contributed by atoms with van der Waals surface area (Å²) in [5, 5.41) is -2.87. The van der Waals surface area contributed by atoms with Crippen molar-refractivity contribution in [1.29, 1.82) is 0 Å². The monoisotopic (exact) mass is 665 g/mol.